The zero-order valence-electron chi connectivity index (χ0n) is 11.2. The molecule has 0 saturated carbocycles. The number of para-hydroxylation sites is 1. The first kappa shape index (κ1) is 14.2. The van der Waals surface area contributed by atoms with E-state index < -0.39 is 4.83 Å². The van der Waals surface area contributed by atoms with Crippen molar-refractivity contribution in [2.24, 2.45) is 0 Å². The molecule has 2 rings (SSSR count). The Balaban J connectivity index is 2.08. The number of rotatable bonds is 4. The Kier molecular flexibility index (Phi) is 4.04. The van der Waals surface area contributed by atoms with Gasteiger partial charge in [0.25, 0.3) is 0 Å². The van der Waals surface area contributed by atoms with Crippen LogP contribution in [0.3, 0.4) is 0 Å². The van der Waals surface area contributed by atoms with Gasteiger partial charge in [0, 0.05) is 12.0 Å². The maximum atomic E-state index is 11.3. The molecule has 1 atom stereocenters. The maximum absolute atomic E-state index is 11.3. The Morgan fingerprint density at radius 3 is 2.95 bits per heavy atom. The van der Waals surface area contributed by atoms with Crippen LogP contribution in [0.15, 0.2) is 18.2 Å². The van der Waals surface area contributed by atoms with Crippen molar-refractivity contribution in [2.75, 3.05) is 13.7 Å². The molecule has 0 spiro atoms. The van der Waals surface area contributed by atoms with E-state index in [1.807, 2.05) is 32.0 Å². The smallest absolute Gasteiger partial charge is 0.322 e. The summed E-state index contributed by atoms with van der Waals surface area (Å²) in [5.41, 5.74) is 0.921. The van der Waals surface area contributed by atoms with E-state index in [0.29, 0.717) is 5.75 Å². The number of methoxy groups -OCH3 is 1. The molecule has 0 amide bonds. The van der Waals surface area contributed by atoms with Crippen LogP contribution in [0.5, 0.6) is 11.5 Å². The van der Waals surface area contributed by atoms with Crippen molar-refractivity contribution < 1.29 is 19.0 Å². The molecular weight excluding hydrogens is 312 g/mol. The molecule has 0 saturated heterocycles. The number of fused-ring (bicyclic) bond motifs is 1. The van der Waals surface area contributed by atoms with Gasteiger partial charge >= 0.3 is 5.97 Å². The van der Waals surface area contributed by atoms with Gasteiger partial charge in [-0.3, -0.25) is 4.79 Å². The topological polar surface area (TPSA) is 44.8 Å². The molecule has 1 aliphatic rings. The second-order valence-corrected chi connectivity index (χ2v) is 6.19. The number of ether oxygens (including phenoxy) is 3. The minimum atomic E-state index is -0.484. The lowest BCUT2D eigenvalue weighted by Gasteiger charge is -2.18. The molecule has 19 heavy (non-hydrogen) atoms. The number of halogens is 1. The number of alkyl halides is 1. The molecule has 1 aromatic carbocycles. The lowest BCUT2D eigenvalue weighted by atomic mass is 10.0. The average molecular weight is 329 g/mol. The molecule has 0 aliphatic carbocycles. The van der Waals surface area contributed by atoms with Crippen LogP contribution in [0.2, 0.25) is 0 Å². The van der Waals surface area contributed by atoms with Crippen LogP contribution < -0.4 is 9.47 Å². The number of hydrogen-bond acceptors (Lipinski definition) is 4. The molecule has 5 heteroatoms. The number of hydrogen-bond donors (Lipinski definition) is 0. The second kappa shape index (κ2) is 5.41. The molecule has 1 heterocycles. The highest BCUT2D eigenvalue weighted by Crippen LogP contribution is 2.41. The Morgan fingerprint density at radius 1 is 1.53 bits per heavy atom. The fourth-order valence-corrected chi connectivity index (χ4v) is 2.38. The zero-order chi connectivity index (χ0) is 14.0. The van der Waals surface area contributed by atoms with Crippen LogP contribution in [0.4, 0.5) is 0 Å². The summed E-state index contributed by atoms with van der Waals surface area (Å²) >= 11 is 3.22. The fraction of sp³-hybridized carbons (Fsp3) is 0.500. The molecule has 1 unspecified atom stereocenters. The van der Waals surface area contributed by atoms with Gasteiger partial charge in [-0.25, -0.2) is 0 Å². The van der Waals surface area contributed by atoms with Crippen molar-refractivity contribution in [3.05, 3.63) is 23.8 Å². The minimum Gasteiger partial charge on any atom is -0.488 e. The van der Waals surface area contributed by atoms with E-state index in [4.69, 9.17) is 9.47 Å². The Morgan fingerprint density at radius 2 is 2.26 bits per heavy atom. The number of benzene rings is 1. The molecule has 4 nitrogen and oxygen atoms in total. The lowest BCUT2D eigenvalue weighted by molar-refractivity contribution is -0.140. The molecule has 0 fully saturated rings. The second-order valence-electron chi connectivity index (χ2n) is 5.08. The summed E-state index contributed by atoms with van der Waals surface area (Å²) in [7, 11) is 1.35. The average Bonchev–Trinajstić information content (AvgIpc) is 2.69. The first-order valence-corrected chi connectivity index (χ1v) is 7.00. The summed E-state index contributed by atoms with van der Waals surface area (Å²) in [6.07, 6.45) is 0.855. The van der Waals surface area contributed by atoms with Gasteiger partial charge in [0.05, 0.1) is 7.11 Å². The standard InChI is InChI=1S/C14H17BrO4/c1-14(2)7-9-5-4-6-11(12(9)19-14)18-8-10(15)13(16)17-3/h4-6,10H,7-8H2,1-3H3. The van der Waals surface area contributed by atoms with E-state index in [9.17, 15) is 4.79 Å². The Hall–Kier alpha value is -1.23. The van der Waals surface area contributed by atoms with Gasteiger partial charge in [0.15, 0.2) is 11.5 Å². The molecule has 0 bridgehead atoms. The molecular formula is C14H17BrO4. The molecule has 0 aromatic heterocycles. The van der Waals surface area contributed by atoms with E-state index >= 15 is 0 Å². The van der Waals surface area contributed by atoms with Gasteiger partial charge in [-0.05, 0) is 19.9 Å². The quantitative estimate of drug-likeness (QED) is 0.629. The monoisotopic (exact) mass is 328 g/mol. The highest BCUT2D eigenvalue weighted by molar-refractivity contribution is 9.10. The van der Waals surface area contributed by atoms with Crippen LogP contribution in [0.25, 0.3) is 0 Å². The zero-order valence-corrected chi connectivity index (χ0v) is 12.8. The van der Waals surface area contributed by atoms with Crippen LogP contribution in [0, 0.1) is 0 Å². The van der Waals surface area contributed by atoms with Gasteiger partial charge in [-0.15, -0.1) is 0 Å². The van der Waals surface area contributed by atoms with Gasteiger partial charge in [-0.2, -0.15) is 0 Å². The van der Waals surface area contributed by atoms with Crippen LogP contribution >= 0.6 is 15.9 Å². The molecule has 104 valence electrons. The van der Waals surface area contributed by atoms with E-state index in [2.05, 4.69) is 20.7 Å². The van der Waals surface area contributed by atoms with Crippen LogP contribution in [-0.4, -0.2) is 30.1 Å². The molecule has 0 radical (unpaired) electrons. The van der Waals surface area contributed by atoms with Gasteiger partial charge < -0.3 is 14.2 Å². The summed E-state index contributed by atoms with van der Waals surface area (Å²) in [5, 5.41) is 0. The van der Waals surface area contributed by atoms with Crippen molar-refractivity contribution in [1.82, 2.24) is 0 Å². The van der Waals surface area contributed by atoms with Crippen molar-refractivity contribution in [3.63, 3.8) is 0 Å². The largest absolute Gasteiger partial charge is 0.488 e. The third-order valence-corrected chi connectivity index (χ3v) is 3.54. The molecule has 0 N–H and O–H groups in total. The fourth-order valence-electron chi connectivity index (χ4n) is 2.06. The van der Waals surface area contributed by atoms with Gasteiger partial charge in [-0.1, -0.05) is 28.1 Å². The first-order chi connectivity index (χ1) is 8.93. The first-order valence-electron chi connectivity index (χ1n) is 6.08. The van der Waals surface area contributed by atoms with Crippen molar-refractivity contribution in [1.29, 1.82) is 0 Å². The van der Waals surface area contributed by atoms with E-state index in [-0.39, 0.29) is 18.2 Å². The van der Waals surface area contributed by atoms with Gasteiger partial charge in [0.1, 0.15) is 17.0 Å². The third-order valence-electron chi connectivity index (χ3n) is 2.90. The summed E-state index contributed by atoms with van der Waals surface area (Å²) < 4.78 is 16.2. The SMILES string of the molecule is COC(=O)C(Br)COc1cccc2c1OC(C)(C)C2. The van der Waals surface area contributed by atoms with Crippen molar-refractivity contribution >= 4 is 21.9 Å². The minimum absolute atomic E-state index is 0.201. The summed E-state index contributed by atoms with van der Waals surface area (Å²) in [5.74, 6) is 1.09. The normalized spacial score (nSPS) is 17.3. The maximum Gasteiger partial charge on any atom is 0.322 e. The Labute approximate surface area is 121 Å². The highest BCUT2D eigenvalue weighted by atomic mass is 79.9. The Bertz CT molecular complexity index is 484. The number of carbonyl (C=O) groups is 1. The number of carbonyl (C=O) groups excluding carboxylic acids is 1. The van der Waals surface area contributed by atoms with Crippen LogP contribution in [-0.2, 0) is 16.0 Å². The summed E-state index contributed by atoms with van der Waals surface area (Å²) in [6.45, 7) is 4.28. The summed E-state index contributed by atoms with van der Waals surface area (Å²) in [6, 6.07) is 5.81. The van der Waals surface area contributed by atoms with Crippen molar-refractivity contribution in [2.45, 2.75) is 30.7 Å². The predicted octanol–water partition coefficient (Wildman–Crippen LogP) is 2.72. The molecule has 1 aromatic rings. The molecule has 1 aliphatic heterocycles. The lowest BCUT2D eigenvalue weighted by Crippen LogP contribution is -2.25. The predicted molar refractivity (Wildman–Crippen MR) is 75.1 cm³/mol. The summed E-state index contributed by atoms with van der Waals surface area (Å²) in [4.78, 5) is 10.8. The van der Waals surface area contributed by atoms with Crippen LogP contribution in [0.1, 0.15) is 19.4 Å². The third kappa shape index (κ3) is 3.21. The van der Waals surface area contributed by atoms with Crippen molar-refractivity contribution in [3.8, 4) is 11.5 Å². The highest BCUT2D eigenvalue weighted by Gasteiger charge is 2.32. The van der Waals surface area contributed by atoms with E-state index in [0.717, 1.165) is 17.7 Å². The van der Waals surface area contributed by atoms with Gasteiger partial charge in [0.2, 0.25) is 0 Å². The number of esters is 1. The van der Waals surface area contributed by atoms with E-state index in [1.54, 1.807) is 0 Å². The van der Waals surface area contributed by atoms with E-state index in [1.165, 1.54) is 7.11 Å².